The van der Waals surface area contributed by atoms with Gasteiger partial charge in [0.2, 0.25) is 0 Å². The summed E-state index contributed by atoms with van der Waals surface area (Å²) in [5.74, 6) is -0.0615. The highest BCUT2D eigenvalue weighted by molar-refractivity contribution is 5.71. The second-order valence-corrected chi connectivity index (χ2v) is 6.95. The largest absolute Gasteiger partial charge is 0.465 e. The molecule has 3 fully saturated rings. The van der Waals surface area contributed by atoms with Crippen molar-refractivity contribution in [1.82, 2.24) is 4.90 Å². The fourth-order valence-electron chi connectivity index (χ4n) is 4.15. The molecule has 3 aliphatic rings. The molecule has 1 unspecified atom stereocenters. The van der Waals surface area contributed by atoms with Gasteiger partial charge in [-0.25, -0.2) is 0 Å². The number of hydrogen-bond acceptors (Lipinski definition) is 4. The molecule has 2 aliphatic carbocycles. The van der Waals surface area contributed by atoms with Gasteiger partial charge in [0.05, 0.1) is 18.8 Å². The maximum atomic E-state index is 11.9. The third-order valence-corrected chi connectivity index (χ3v) is 5.33. The van der Waals surface area contributed by atoms with Gasteiger partial charge in [0.1, 0.15) is 0 Å². The van der Waals surface area contributed by atoms with Gasteiger partial charge >= 0.3 is 5.97 Å². The highest BCUT2D eigenvalue weighted by Gasteiger charge is 2.43. The molecule has 0 N–H and O–H groups in total. The fourth-order valence-corrected chi connectivity index (χ4v) is 4.15. The van der Waals surface area contributed by atoms with Crippen molar-refractivity contribution >= 4 is 5.97 Å². The van der Waals surface area contributed by atoms with Gasteiger partial charge in [0.25, 0.3) is 0 Å². The Balaban J connectivity index is 1.63. The number of nitrogens with zero attached hydrogens (tertiary/aromatic N) is 1. The molecule has 0 amide bonds. The predicted octanol–water partition coefficient (Wildman–Crippen LogP) is 2.90. The molecule has 0 aromatic carbocycles. The summed E-state index contributed by atoms with van der Waals surface area (Å²) in [5, 5.41) is 0. The van der Waals surface area contributed by atoms with E-state index in [2.05, 4.69) is 4.90 Å². The third-order valence-electron chi connectivity index (χ3n) is 5.33. The summed E-state index contributed by atoms with van der Waals surface area (Å²) in [6.07, 6.45) is 11.0. The molecule has 1 heterocycles. The van der Waals surface area contributed by atoms with Gasteiger partial charge in [-0.2, -0.15) is 0 Å². The third kappa shape index (κ3) is 3.78. The van der Waals surface area contributed by atoms with E-state index in [4.69, 9.17) is 9.47 Å². The summed E-state index contributed by atoms with van der Waals surface area (Å²) in [4.78, 5) is 14.3. The van der Waals surface area contributed by atoms with Crippen LogP contribution in [0.2, 0.25) is 0 Å². The number of carbonyl (C=O) groups is 1. The van der Waals surface area contributed by atoms with Gasteiger partial charge < -0.3 is 9.47 Å². The minimum atomic E-state index is -0.0615. The molecule has 0 aromatic rings. The van der Waals surface area contributed by atoms with E-state index < -0.39 is 0 Å². The van der Waals surface area contributed by atoms with Crippen LogP contribution in [0.4, 0.5) is 0 Å². The van der Waals surface area contributed by atoms with Gasteiger partial charge in [0, 0.05) is 18.7 Å². The lowest BCUT2D eigenvalue weighted by Crippen LogP contribution is -2.51. The zero-order valence-electron chi connectivity index (χ0n) is 13.3. The molecule has 1 atom stereocenters. The Bertz CT molecular complexity index is 356. The molecule has 3 rings (SSSR count). The Morgan fingerprint density at radius 3 is 2.62 bits per heavy atom. The maximum Gasteiger partial charge on any atom is 0.320 e. The van der Waals surface area contributed by atoms with Crippen molar-refractivity contribution in [3.8, 4) is 0 Å². The average Bonchev–Trinajstić information content (AvgIpc) is 3.30. The first kappa shape index (κ1) is 15.3. The monoisotopic (exact) mass is 295 g/mol. The van der Waals surface area contributed by atoms with E-state index in [0.717, 1.165) is 19.4 Å². The smallest absolute Gasteiger partial charge is 0.320 e. The highest BCUT2D eigenvalue weighted by atomic mass is 16.5. The lowest BCUT2D eigenvalue weighted by atomic mass is 9.78. The Kier molecular flexibility index (Phi) is 4.85. The standard InChI is InChI=1S/C17H29NO3/c1-2-20-16(19)13-18(14-6-7-14)15-8-11-21-17(12-15)9-4-3-5-10-17/h14-15H,2-13H2,1H3. The van der Waals surface area contributed by atoms with Gasteiger partial charge in [-0.15, -0.1) is 0 Å². The van der Waals surface area contributed by atoms with Gasteiger partial charge in [-0.05, 0) is 45.4 Å². The fraction of sp³-hybridized carbons (Fsp3) is 0.941. The minimum Gasteiger partial charge on any atom is -0.465 e. The van der Waals surface area contributed by atoms with Crippen LogP contribution in [0.3, 0.4) is 0 Å². The molecule has 0 aromatic heterocycles. The first-order valence-electron chi connectivity index (χ1n) is 8.78. The molecule has 21 heavy (non-hydrogen) atoms. The Labute approximate surface area is 128 Å². The van der Waals surface area contributed by atoms with Crippen LogP contribution in [0.5, 0.6) is 0 Å². The zero-order chi connectivity index (χ0) is 14.7. The van der Waals surface area contributed by atoms with Crippen molar-refractivity contribution in [2.75, 3.05) is 19.8 Å². The number of hydrogen-bond donors (Lipinski definition) is 0. The van der Waals surface area contributed by atoms with Gasteiger partial charge in [-0.1, -0.05) is 19.3 Å². The van der Waals surface area contributed by atoms with E-state index >= 15 is 0 Å². The van der Waals surface area contributed by atoms with Gasteiger partial charge in [-0.3, -0.25) is 9.69 Å². The molecule has 1 saturated heterocycles. The van der Waals surface area contributed by atoms with Crippen LogP contribution in [0.1, 0.15) is 64.7 Å². The number of rotatable bonds is 5. The molecule has 0 bridgehead atoms. The summed E-state index contributed by atoms with van der Waals surface area (Å²) < 4.78 is 11.4. The maximum absolute atomic E-state index is 11.9. The van der Waals surface area contributed by atoms with Crippen molar-refractivity contribution in [2.24, 2.45) is 0 Å². The lowest BCUT2D eigenvalue weighted by molar-refractivity contribution is -0.150. The van der Waals surface area contributed by atoms with Gasteiger partial charge in [0.15, 0.2) is 0 Å². The van der Waals surface area contributed by atoms with E-state index in [-0.39, 0.29) is 11.6 Å². The second kappa shape index (κ2) is 6.66. The van der Waals surface area contributed by atoms with Crippen LogP contribution in [0.25, 0.3) is 0 Å². The van der Waals surface area contributed by atoms with Crippen LogP contribution >= 0.6 is 0 Å². The van der Waals surface area contributed by atoms with Crippen molar-refractivity contribution in [3.05, 3.63) is 0 Å². The van der Waals surface area contributed by atoms with E-state index in [1.165, 1.54) is 44.9 Å². The van der Waals surface area contributed by atoms with Crippen LogP contribution in [-0.4, -0.2) is 48.3 Å². The van der Waals surface area contributed by atoms with E-state index in [1.54, 1.807) is 0 Å². The molecule has 2 saturated carbocycles. The number of ether oxygens (including phenoxy) is 2. The van der Waals surface area contributed by atoms with Crippen molar-refractivity contribution in [3.63, 3.8) is 0 Å². The van der Waals surface area contributed by atoms with Crippen LogP contribution in [-0.2, 0) is 14.3 Å². The van der Waals surface area contributed by atoms with Crippen LogP contribution < -0.4 is 0 Å². The average molecular weight is 295 g/mol. The summed E-state index contributed by atoms with van der Waals surface area (Å²) in [6.45, 7) is 3.69. The normalized spacial score (nSPS) is 28.8. The summed E-state index contributed by atoms with van der Waals surface area (Å²) in [6, 6.07) is 1.12. The molecule has 4 heteroatoms. The Hall–Kier alpha value is -0.610. The number of esters is 1. The quantitative estimate of drug-likeness (QED) is 0.731. The summed E-state index contributed by atoms with van der Waals surface area (Å²) in [7, 11) is 0. The molecule has 0 radical (unpaired) electrons. The van der Waals surface area contributed by atoms with Crippen molar-refractivity contribution < 1.29 is 14.3 Å². The molecular formula is C17H29NO3. The minimum absolute atomic E-state index is 0.0615. The Morgan fingerprint density at radius 1 is 1.19 bits per heavy atom. The molecule has 4 nitrogen and oxygen atoms in total. The second-order valence-electron chi connectivity index (χ2n) is 6.95. The van der Waals surface area contributed by atoms with Crippen LogP contribution in [0, 0.1) is 0 Å². The van der Waals surface area contributed by atoms with Crippen molar-refractivity contribution in [1.29, 1.82) is 0 Å². The summed E-state index contributed by atoms with van der Waals surface area (Å²) >= 11 is 0. The van der Waals surface area contributed by atoms with E-state index in [1.807, 2.05) is 6.92 Å². The predicted molar refractivity (Wildman–Crippen MR) is 81.2 cm³/mol. The Morgan fingerprint density at radius 2 is 1.95 bits per heavy atom. The topological polar surface area (TPSA) is 38.8 Å². The molecule has 120 valence electrons. The molecular weight excluding hydrogens is 266 g/mol. The molecule has 1 aliphatic heterocycles. The SMILES string of the molecule is CCOC(=O)CN(C1CC1)C1CCOC2(CCCCC2)C1. The lowest BCUT2D eigenvalue weighted by Gasteiger charge is -2.46. The highest BCUT2D eigenvalue weighted by Crippen LogP contribution is 2.42. The summed E-state index contributed by atoms with van der Waals surface area (Å²) in [5.41, 5.74) is 0.114. The van der Waals surface area contributed by atoms with E-state index in [0.29, 0.717) is 25.2 Å². The van der Waals surface area contributed by atoms with E-state index in [9.17, 15) is 4.79 Å². The number of carbonyl (C=O) groups excluding carboxylic acids is 1. The molecule has 1 spiro atoms. The van der Waals surface area contributed by atoms with Crippen molar-refractivity contribution in [2.45, 2.75) is 82.4 Å². The zero-order valence-corrected chi connectivity index (χ0v) is 13.3. The first-order chi connectivity index (χ1) is 10.2. The van der Waals surface area contributed by atoms with Crippen LogP contribution in [0.15, 0.2) is 0 Å². The first-order valence-corrected chi connectivity index (χ1v) is 8.78.